The molecule has 1 N–H and O–H groups in total. The van der Waals surface area contributed by atoms with E-state index in [1.807, 2.05) is 70.2 Å². The van der Waals surface area contributed by atoms with Gasteiger partial charge in [-0.3, -0.25) is 9.59 Å². The maximum absolute atomic E-state index is 13.3. The van der Waals surface area contributed by atoms with Crippen LogP contribution in [0.1, 0.15) is 50.3 Å². The monoisotopic (exact) mass is 414 g/mol. The highest BCUT2D eigenvalue weighted by Gasteiger charge is 2.29. The van der Waals surface area contributed by atoms with Crippen molar-refractivity contribution in [2.45, 2.75) is 65.6 Å². The highest BCUT2D eigenvalue weighted by molar-refractivity contribution is 6.31. The summed E-state index contributed by atoms with van der Waals surface area (Å²) in [6, 6.07) is 14.8. The van der Waals surface area contributed by atoms with E-state index in [1.165, 1.54) is 0 Å². The summed E-state index contributed by atoms with van der Waals surface area (Å²) in [4.78, 5) is 28.0. The van der Waals surface area contributed by atoms with Gasteiger partial charge in [-0.1, -0.05) is 67.9 Å². The first-order valence-corrected chi connectivity index (χ1v) is 10.6. The molecule has 156 valence electrons. The van der Waals surface area contributed by atoms with Gasteiger partial charge < -0.3 is 10.2 Å². The quantitative estimate of drug-likeness (QED) is 0.633. The summed E-state index contributed by atoms with van der Waals surface area (Å²) < 4.78 is 0. The summed E-state index contributed by atoms with van der Waals surface area (Å²) in [7, 11) is 0. The maximum atomic E-state index is 13.3. The number of amides is 2. The van der Waals surface area contributed by atoms with Gasteiger partial charge in [0, 0.05) is 17.6 Å². The molecule has 0 fully saturated rings. The number of halogens is 1. The molecular weight excluding hydrogens is 384 g/mol. The average molecular weight is 415 g/mol. The van der Waals surface area contributed by atoms with Crippen LogP contribution in [0.3, 0.4) is 0 Å². The van der Waals surface area contributed by atoms with Crippen molar-refractivity contribution in [2.24, 2.45) is 0 Å². The third-order valence-corrected chi connectivity index (χ3v) is 5.66. The van der Waals surface area contributed by atoms with Crippen molar-refractivity contribution in [2.75, 3.05) is 0 Å². The molecule has 0 spiro atoms. The van der Waals surface area contributed by atoms with E-state index < -0.39 is 6.04 Å². The fourth-order valence-corrected chi connectivity index (χ4v) is 3.44. The zero-order valence-electron chi connectivity index (χ0n) is 17.7. The minimum Gasteiger partial charge on any atom is -0.352 e. The Morgan fingerprint density at radius 2 is 1.62 bits per heavy atom. The zero-order chi connectivity index (χ0) is 21.4. The molecule has 2 aromatic rings. The van der Waals surface area contributed by atoms with Crippen LogP contribution in [0.15, 0.2) is 48.5 Å². The van der Waals surface area contributed by atoms with E-state index in [0.29, 0.717) is 18.0 Å². The van der Waals surface area contributed by atoms with Gasteiger partial charge in [-0.25, -0.2) is 0 Å². The molecule has 5 heteroatoms. The Kier molecular flexibility index (Phi) is 8.71. The van der Waals surface area contributed by atoms with E-state index >= 15 is 0 Å². The van der Waals surface area contributed by atoms with Gasteiger partial charge >= 0.3 is 0 Å². The molecule has 2 amide bonds. The van der Waals surface area contributed by atoms with Crippen molar-refractivity contribution in [1.82, 2.24) is 10.2 Å². The number of hydrogen-bond acceptors (Lipinski definition) is 2. The summed E-state index contributed by atoms with van der Waals surface area (Å²) in [5, 5.41) is 3.62. The molecule has 2 aromatic carbocycles. The van der Waals surface area contributed by atoms with Crippen LogP contribution in [0.5, 0.6) is 0 Å². The van der Waals surface area contributed by atoms with Gasteiger partial charge in [0.15, 0.2) is 0 Å². The van der Waals surface area contributed by atoms with Gasteiger partial charge in [-0.05, 0) is 49.4 Å². The minimum absolute atomic E-state index is 0.0604. The topological polar surface area (TPSA) is 49.4 Å². The summed E-state index contributed by atoms with van der Waals surface area (Å²) in [5.41, 5.74) is 2.87. The smallest absolute Gasteiger partial charge is 0.243 e. The lowest BCUT2D eigenvalue weighted by Gasteiger charge is -2.32. The Morgan fingerprint density at radius 1 is 1.00 bits per heavy atom. The van der Waals surface area contributed by atoms with Gasteiger partial charge in [0.25, 0.3) is 0 Å². The van der Waals surface area contributed by atoms with Crippen LogP contribution < -0.4 is 5.32 Å². The summed E-state index contributed by atoms with van der Waals surface area (Å²) in [6.45, 7) is 8.22. The second-order valence-electron chi connectivity index (χ2n) is 7.46. The van der Waals surface area contributed by atoms with Crippen LogP contribution in [-0.4, -0.2) is 28.8 Å². The fourth-order valence-electron chi connectivity index (χ4n) is 3.24. The van der Waals surface area contributed by atoms with Crippen LogP contribution in [-0.2, 0) is 22.6 Å². The number of nitrogens with one attached hydrogen (secondary N) is 1. The first-order chi connectivity index (χ1) is 13.9. The Bertz CT molecular complexity index is 837. The number of carbonyl (C=O) groups is 2. The minimum atomic E-state index is -0.545. The molecule has 29 heavy (non-hydrogen) atoms. The SMILES string of the molecule is CC[C@H](C)NC(=O)[C@H](CC)N(Cc1ccccc1Cl)C(=O)Cc1ccccc1C. The molecule has 0 aliphatic heterocycles. The fraction of sp³-hybridized carbons (Fsp3) is 0.417. The summed E-state index contributed by atoms with van der Waals surface area (Å²) >= 11 is 6.35. The Balaban J connectivity index is 2.33. The predicted molar refractivity (Wildman–Crippen MR) is 119 cm³/mol. The van der Waals surface area contributed by atoms with Gasteiger partial charge in [0.05, 0.1) is 6.42 Å². The second-order valence-corrected chi connectivity index (χ2v) is 7.87. The van der Waals surface area contributed by atoms with Gasteiger partial charge in [-0.2, -0.15) is 0 Å². The van der Waals surface area contributed by atoms with Crippen LogP contribution in [0, 0.1) is 6.92 Å². The molecule has 0 aliphatic rings. The number of rotatable bonds is 9. The second kappa shape index (κ2) is 11.0. The molecule has 0 heterocycles. The van der Waals surface area contributed by atoms with Crippen LogP contribution in [0.2, 0.25) is 5.02 Å². The van der Waals surface area contributed by atoms with Crippen LogP contribution in [0.25, 0.3) is 0 Å². The lowest BCUT2D eigenvalue weighted by atomic mass is 10.0. The highest BCUT2D eigenvalue weighted by atomic mass is 35.5. The molecule has 0 aliphatic carbocycles. The van der Waals surface area contributed by atoms with Gasteiger partial charge in [0.1, 0.15) is 6.04 Å². The van der Waals surface area contributed by atoms with Crippen LogP contribution in [0.4, 0.5) is 0 Å². The molecule has 0 bridgehead atoms. The Labute approximate surface area is 179 Å². The first kappa shape index (κ1) is 23.0. The number of hydrogen-bond donors (Lipinski definition) is 1. The molecule has 0 unspecified atom stereocenters. The van der Waals surface area contributed by atoms with Crippen molar-refractivity contribution in [1.29, 1.82) is 0 Å². The molecule has 2 atom stereocenters. The van der Waals surface area contributed by atoms with E-state index in [0.717, 1.165) is 23.1 Å². The number of benzene rings is 2. The molecule has 0 radical (unpaired) electrons. The third kappa shape index (κ3) is 6.33. The van der Waals surface area contributed by atoms with Crippen LogP contribution >= 0.6 is 11.6 Å². The zero-order valence-corrected chi connectivity index (χ0v) is 18.5. The standard InChI is InChI=1S/C24H31ClN2O2/c1-5-18(4)26-24(29)22(6-2)27(16-20-13-9-10-14-21(20)25)23(28)15-19-12-8-7-11-17(19)3/h7-14,18,22H,5-6,15-16H2,1-4H3,(H,26,29)/t18-,22-/m0/s1. The molecule has 0 saturated carbocycles. The molecular formula is C24H31ClN2O2. The van der Waals surface area contributed by atoms with E-state index in [4.69, 9.17) is 11.6 Å². The maximum Gasteiger partial charge on any atom is 0.243 e. The van der Waals surface area contributed by atoms with E-state index in [2.05, 4.69) is 5.32 Å². The van der Waals surface area contributed by atoms with E-state index in [1.54, 1.807) is 11.0 Å². The summed E-state index contributed by atoms with van der Waals surface area (Å²) in [6.07, 6.45) is 1.63. The van der Waals surface area contributed by atoms with Crippen molar-refractivity contribution >= 4 is 23.4 Å². The molecule has 0 aromatic heterocycles. The predicted octanol–water partition coefficient (Wildman–Crippen LogP) is 4.91. The lowest BCUT2D eigenvalue weighted by molar-refractivity contribution is -0.141. The van der Waals surface area contributed by atoms with E-state index in [-0.39, 0.29) is 24.3 Å². The van der Waals surface area contributed by atoms with Crippen molar-refractivity contribution < 1.29 is 9.59 Å². The van der Waals surface area contributed by atoms with Gasteiger partial charge in [0.2, 0.25) is 11.8 Å². The first-order valence-electron chi connectivity index (χ1n) is 10.2. The lowest BCUT2D eigenvalue weighted by Crippen LogP contribution is -2.51. The third-order valence-electron chi connectivity index (χ3n) is 5.29. The largest absolute Gasteiger partial charge is 0.352 e. The van der Waals surface area contributed by atoms with Crippen molar-refractivity contribution in [3.63, 3.8) is 0 Å². The highest BCUT2D eigenvalue weighted by Crippen LogP contribution is 2.21. The van der Waals surface area contributed by atoms with Crippen molar-refractivity contribution in [3.8, 4) is 0 Å². The Morgan fingerprint density at radius 3 is 2.21 bits per heavy atom. The number of aryl methyl sites for hydroxylation is 1. The normalized spacial score (nSPS) is 12.9. The molecule has 4 nitrogen and oxygen atoms in total. The number of carbonyl (C=O) groups excluding carboxylic acids is 2. The van der Waals surface area contributed by atoms with Gasteiger partial charge in [-0.15, -0.1) is 0 Å². The van der Waals surface area contributed by atoms with Crippen molar-refractivity contribution in [3.05, 3.63) is 70.2 Å². The number of nitrogens with zero attached hydrogens (tertiary/aromatic N) is 1. The Hall–Kier alpha value is -2.33. The summed E-state index contributed by atoms with van der Waals surface area (Å²) in [5.74, 6) is -0.197. The average Bonchev–Trinajstić information content (AvgIpc) is 2.70. The molecule has 2 rings (SSSR count). The van der Waals surface area contributed by atoms with E-state index in [9.17, 15) is 9.59 Å². The molecule has 0 saturated heterocycles.